The molecule has 1 saturated carbocycles. The molecule has 4 nitrogen and oxygen atoms in total. The van der Waals surface area contributed by atoms with E-state index in [9.17, 15) is 4.79 Å². The van der Waals surface area contributed by atoms with Gasteiger partial charge in [0.1, 0.15) is 5.69 Å². The number of fused-ring (bicyclic) bond motifs is 1. The van der Waals surface area contributed by atoms with Gasteiger partial charge in [-0.1, -0.05) is 12.8 Å². The van der Waals surface area contributed by atoms with E-state index >= 15 is 0 Å². The molecule has 1 heterocycles. The van der Waals surface area contributed by atoms with Gasteiger partial charge in [-0.3, -0.25) is 0 Å². The Kier molecular flexibility index (Phi) is 2.93. The standard InChI is InChI=1S/C15H18N2O2/c1-9-6-10-8-13(15(18)19)17-14(10)12(7-9)16-11-4-2-3-5-11/h6-8,11,16-17H,2-5H2,1H3,(H,18,19). The highest BCUT2D eigenvalue weighted by atomic mass is 16.4. The van der Waals surface area contributed by atoms with Crippen LogP contribution in [0.15, 0.2) is 18.2 Å². The van der Waals surface area contributed by atoms with E-state index in [2.05, 4.69) is 16.4 Å². The zero-order valence-corrected chi connectivity index (χ0v) is 11.0. The van der Waals surface area contributed by atoms with E-state index in [0.717, 1.165) is 22.2 Å². The van der Waals surface area contributed by atoms with Crippen molar-refractivity contribution in [2.45, 2.75) is 38.6 Å². The highest BCUT2D eigenvalue weighted by Crippen LogP contribution is 2.29. The van der Waals surface area contributed by atoms with Crippen LogP contribution < -0.4 is 5.32 Å². The van der Waals surface area contributed by atoms with Crippen LogP contribution in [0.3, 0.4) is 0 Å². The van der Waals surface area contributed by atoms with Crippen LogP contribution in [0, 0.1) is 6.92 Å². The van der Waals surface area contributed by atoms with Crippen LogP contribution in [0.2, 0.25) is 0 Å². The summed E-state index contributed by atoms with van der Waals surface area (Å²) in [5.41, 5.74) is 3.31. The van der Waals surface area contributed by atoms with E-state index < -0.39 is 5.97 Å². The zero-order valence-electron chi connectivity index (χ0n) is 11.0. The number of aromatic carboxylic acids is 1. The van der Waals surface area contributed by atoms with Crippen molar-refractivity contribution in [2.75, 3.05) is 5.32 Å². The minimum absolute atomic E-state index is 0.245. The van der Waals surface area contributed by atoms with Crippen molar-refractivity contribution in [1.82, 2.24) is 4.98 Å². The smallest absolute Gasteiger partial charge is 0.352 e. The van der Waals surface area contributed by atoms with Gasteiger partial charge in [0.25, 0.3) is 0 Å². The quantitative estimate of drug-likeness (QED) is 0.789. The molecule has 0 bridgehead atoms. The van der Waals surface area contributed by atoms with Crippen LogP contribution in [0.5, 0.6) is 0 Å². The average Bonchev–Trinajstić information content (AvgIpc) is 2.97. The Morgan fingerprint density at radius 2 is 2.05 bits per heavy atom. The summed E-state index contributed by atoms with van der Waals surface area (Å²) in [7, 11) is 0. The number of hydrogen-bond acceptors (Lipinski definition) is 2. The molecule has 100 valence electrons. The van der Waals surface area contributed by atoms with Crippen molar-refractivity contribution >= 4 is 22.6 Å². The van der Waals surface area contributed by atoms with Crippen molar-refractivity contribution in [3.63, 3.8) is 0 Å². The molecule has 1 aliphatic rings. The number of aromatic nitrogens is 1. The number of aryl methyl sites for hydroxylation is 1. The maximum Gasteiger partial charge on any atom is 0.352 e. The summed E-state index contributed by atoms with van der Waals surface area (Å²) in [5.74, 6) is -0.916. The van der Waals surface area contributed by atoms with Gasteiger partial charge in [0.05, 0.1) is 11.2 Å². The molecule has 2 aromatic rings. The first-order chi connectivity index (χ1) is 9.13. The van der Waals surface area contributed by atoms with Crippen LogP contribution in [0.25, 0.3) is 10.9 Å². The van der Waals surface area contributed by atoms with Gasteiger partial charge in [0.2, 0.25) is 0 Å². The zero-order chi connectivity index (χ0) is 13.4. The van der Waals surface area contributed by atoms with Crippen LogP contribution in [0.4, 0.5) is 5.69 Å². The number of anilines is 1. The highest BCUT2D eigenvalue weighted by Gasteiger charge is 2.17. The predicted molar refractivity (Wildman–Crippen MR) is 75.9 cm³/mol. The highest BCUT2D eigenvalue weighted by molar-refractivity contribution is 5.99. The third-order valence-electron chi connectivity index (χ3n) is 3.82. The first-order valence-corrected chi connectivity index (χ1v) is 6.76. The number of rotatable bonds is 3. The van der Waals surface area contributed by atoms with Gasteiger partial charge in [0.15, 0.2) is 0 Å². The fourth-order valence-corrected chi connectivity index (χ4v) is 2.91. The summed E-state index contributed by atoms with van der Waals surface area (Å²) in [6.07, 6.45) is 4.94. The minimum Gasteiger partial charge on any atom is -0.477 e. The summed E-state index contributed by atoms with van der Waals surface area (Å²) >= 11 is 0. The maximum absolute atomic E-state index is 11.1. The number of hydrogen-bond donors (Lipinski definition) is 3. The van der Waals surface area contributed by atoms with Crippen LogP contribution in [-0.2, 0) is 0 Å². The van der Waals surface area contributed by atoms with Gasteiger partial charge >= 0.3 is 5.97 Å². The summed E-state index contributed by atoms with van der Waals surface area (Å²) in [5, 5.41) is 13.6. The molecule has 1 aliphatic carbocycles. The predicted octanol–water partition coefficient (Wildman–Crippen LogP) is 3.53. The third-order valence-corrected chi connectivity index (χ3v) is 3.82. The number of nitrogens with one attached hydrogen (secondary N) is 2. The summed E-state index contributed by atoms with van der Waals surface area (Å²) < 4.78 is 0. The van der Waals surface area contributed by atoms with Crippen molar-refractivity contribution in [3.8, 4) is 0 Å². The summed E-state index contributed by atoms with van der Waals surface area (Å²) in [4.78, 5) is 14.1. The molecule has 0 radical (unpaired) electrons. The van der Waals surface area contributed by atoms with Crippen molar-refractivity contribution in [1.29, 1.82) is 0 Å². The largest absolute Gasteiger partial charge is 0.477 e. The second kappa shape index (κ2) is 4.61. The maximum atomic E-state index is 11.1. The Morgan fingerprint density at radius 1 is 1.32 bits per heavy atom. The normalized spacial score (nSPS) is 16.1. The number of carbonyl (C=O) groups is 1. The number of carboxylic acid groups (broad SMARTS) is 1. The van der Waals surface area contributed by atoms with Crippen molar-refractivity contribution in [3.05, 3.63) is 29.5 Å². The van der Waals surface area contributed by atoms with E-state index in [1.807, 2.05) is 13.0 Å². The molecule has 3 N–H and O–H groups in total. The molecule has 4 heteroatoms. The Labute approximate surface area is 111 Å². The SMILES string of the molecule is Cc1cc(NC2CCCC2)c2[nH]c(C(=O)O)cc2c1. The molecule has 3 rings (SSSR count). The van der Waals surface area contributed by atoms with Gasteiger partial charge in [-0.05, 0) is 43.5 Å². The lowest BCUT2D eigenvalue weighted by atomic mass is 10.1. The molecule has 0 atom stereocenters. The molecule has 1 aromatic carbocycles. The molecule has 0 amide bonds. The van der Waals surface area contributed by atoms with Gasteiger partial charge in [-0.25, -0.2) is 4.79 Å². The number of benzene rings is 1. The number of H-pyrrole nitrogens is 1. The summed E-state index contributed by atoms with van der Waals surface area (Å²) in [6, 6.07) is 6.31. The van der Waals surface area contributed by atoms with Gasteiger partial charge in [-0.2, -0.15) is 0 Å². The Hall–Kier alpha value is -1.97. The molecular weight excluding hydrogens is 240 g/mol. The van der Waals surface area contributed by atoms with Gasteiger partial charge in [0, 0.05) is 11.4 Å². The fraction of sp³-hybridized carbons (Fsp3) is 0.400. The van der Waals surface area contributed by atoms with E-state index in [1.54, 1.807) is 6.07 Å². The van der Waals surface area contributed by atoms with Gasteiger partial charge in [-0.15, -0.1) is 0 Å². The first-order valence-electron chi connectivity index (χ1n) is 6.76. The molecule has 0 unspecified atom stereocenters. The second-order valence-corrected chi connectivity index (χ2v) is 5.39. The third kappa shape index (κ3) is 2.30. The lowest BCUT2D eigenvalue weighted by Crippen LogP contribution is -2.14. The molecule has 1 fully saturated rings. The first kappa shape index (κ1) is 12.1. The molecule has 19 heavy (non-hydrogen) atoms. The number of aromatic amines is 1. The van der Waals surface area contributed by atoms with E-state index in [1.165, 1.54) is 25.7 Å². The van der Waals surface area contributed by atoms with Gasteiger partial charge < -0.3 is 15.4 Å². The molecule has 0 spiro atoms. The second-order valence-electron chi connectivity index (χ2n) is 5.39. The minimum atomic E-state index is -0.916. The van der Waals surface area contributed by atoms with Crippen molar-refractivity contribution in [2.24, 2.45) is 0 Å². The van der Waals surface area contributed by atoms with E-state index in [-0.39, 0.29) is 5.69 Å². The van der Waals surface area contributed by atoms with Crippen LogP contribution in [-0.4, -0.2) is 22.1 Å². The Bertz CT molecular complexity index is 624. The van der Waals surface area contributed by atoms with Crippen LogP contribution in [0.1, 0.15) is 41.7 Å². The average molecular weight is 258 g/mol. The molecule has 1 aromatic heterocycles. The fourth-order valence-electron chi connectivity index (χ4n) is 2.91. The topological polar surface area (TPSA) is 65.1 Å². The van der Waals surface area contributed by atoms with E-state index in [0.29, 0.717) is 6.04 Å². The summed E-state index contributed by atoms with van der Waals surface area (Å²) in [6.45, 7) is 2.03. The lowest BCUT2D eigenvalue weighted by molar-refractivity contribution is 0.0691. The number of carboxylic acids is 1. The lowest BCUT2D eigenvalue weighted by Gasteiger charge is -2.15. The van der Waals surface area contributed by atoms with Crippen molar-refractivity contribution < 1.29 is 9.90 Å². The Balaban J connectivity index is 2.03. The monoisotopic (exact) mass is 258 g/mol. The van der Waals surface area contributed by atoms with E-state index in [4.69, 9.17) is 5.11 Å². The Morgan fingerprint density at radius 3 is 2.74 bits per heavy atom. The molecule has 0 saturated heterocycles. The molecule has 0 aliphatic heterocycles. The molecular formula is C15H18N2O2. The van der Waals surface area contributed by atoms with Crippen LogP contribution >= 0.6 is 0 Å².